The normalized spacial score (nSPS) is 16.0. The van der Waals surface area contributed by atoms with Crippen molar-refractivity contribution in [3.8, 4) is 0 Å². The maximum atomic E-state index is 13.8. The van der Waals surface area contributed by atoms with Crippen LogP contribution in [0.1, 0.15) is 31.8 Å². The fourth-order valence-corrected chi connectivity index (χ4v) is 5.06. The fraction of sp³-hybridized carbons (Fsp3) is 0.0625. The summed E-state index contributed by atoms with van der Waals surface area (Å²) in [5, 5.41) is 0. The number of carbonyl (C=O) groups is 4. The Hall–Kier alpha value is -5.10. The quantitative estimate of drug-likeness (QED) is 0.365. The zero-order valence-electron chi connectivity index (χ0n) is 20.3. The van der Waals surface area contributed by atoms with Gasteiger partial charge in [-0.15, -0.1) is 0 Å². The number of allylic oxidation sites excluding steroid dienone is 2. The number of ketones is 2. The van der Waals surface area contributed by atoms with Gasteiger partial charge in [0.05, 0.1) is 24.2 Å². The van der Waals surface area contributed by atoms with E-state index in [1.807, 2.05) is 60.7 Å². The van der Waals surface area contributed by atoms with Gasteiger partial charge in [-0.1, -0.05) is 84.9 Å². The highest BCUT2D eigenvalue weighted by molar-refractivity contribution is 6.34. The Balaban J connectivity index is 1.52. The van der Waals surface area contributed by atoms with E-state index in [9.17, 15) is 19.2 Å². The fourth-order valence-electron chi connectivity index (χ4n) is 5.06. The van der Waals surface area contributed by atoms with E-state index in [-0.39, 0.29) is 36.1 Å². The predicted molar refractivity (Wildman–Crippen MR) is 144 cm³/mol. The molecular formula is C32H22N2O4. The highest BCUT2D eigenvalue weighted by Gasteiger charge is 2.46. The second-order valence-electron chi connectivity index (χ2n) is 9.17. The maximum absolute atomic E-state index is 13.8. The molecule has 184 valence electrons. The molecule has 2 amide bonds. The van der Waals surface area contributed by atoms with Crippen molar-refractivity contribution in [2.75, 3.05) is 9.80 Å². The van der Waals surface area contributed by atoms with E-state index in [0.717, 1.165) is 11.1 Å². The van der Waals surface area contributed by atoms with Gasteiger partial charge in [-0.3, -0.25) is 29.0 Å². The van der Waals surface area contributed by atoms with Crippen molar-refractivity contribution in [2.45, 2.75) is 12.8 Å². The monoisotopic (exact) mass is 498 g/mol. The second kappa shape index (κ2) is 9.41. The summed E-state index contributed by atoms with van der Waals surface area (Å²) in [7, 11) is 0. The summed E-state index contributed by atoms with van der Waals surface area (Å²) in [6, 6.07) is 32.0. The maximum Gasteiger partial charge on any atom is 0.236 e. The van der Waals surface area contributed by atoms with Crippen LogP contribution in [0, 0.1) is 0 Å². The van der Waals surface area contributed by atoms with Crippen molar-refractivity contribution >= 4 is 34.8 Å². The summed E-state index contributed by atoms with van der Waals surface area (Å²) in [6.07, 6.45) is 0.0523. The van der Waals surface area contributed by atoms with Crippen LogP contribution in [0.5, 0.6) is 0 Å². The summed E-state index contributed by atoms with van der Waals surface area (Å²) < 4.78 is 0. The molecule has 4 aromatic carbocycles. The van der Waals surface area contributed by atoms with Gasteiger partial charge in [-0.05, 0) is 35.4 Å². The molecule has 0 saturated heterocycles. The minimum absolute atomic E-state index is 0.0261. The molecule has 0 N–H and O–H groups in total. The molecule has 6 heteroatoms. The van der Waals surface area contributed by atoms with Crippen molar-refractivity contribution in [3.05, 3.63) is 143 Å². The molecule has 0 radical (unpaired) electrons. The Morgan fingerprint density at radius 3 is 1.21 bits per heavy atom. The summed E-state index contributed by atoms with van der Waals surface area (Å²) in [4.78, 5) is 57.8. The van der Waals surface area contributed by atoms with Crippen LogP contribution in [-0.4, -0.2) is 23.4 Å². The molecule has 0 fully saturated rings. The van der Waals surface area contributed by atoms with Gasteiger partial charge in [0.25, 0.3) is 0 Å². The minimum atomic E-state index is -0.462. The zero-order valence-corrected chi connectivity index (χ0v) is 20.3. The third kappa shape index (κ3) is 3.83. The number of nitrogens with zero attached hydrogens (tertiary/aromatic N) is 2. The highest BCUT2D eigenvalue weighted by Crippen LogP contribution is 2.43. The van der Waals surface area contributed by atoms with Crippen LogP contribution in [0.3, 0.4) is 0 Å². The molecule has 6 rings (SSSR count). The smallest absolute Gasteiger partial charge is 0.236 e. The molecule has 4 aromatic rings. The van der Waals surface area contributed by atoms with Gasteiger partial charge >= 0.3 is 0 Å². The number of rotatable bonds is 4. The zero-order chi connectivity index (χ0) is 26.2. The molecule has 0 atom stereocenters. The largest absolute Gasteiger partial charge is 0.287 e. The summed E-state index contributed by atoms with van der Waals surface area (Å²) >= 11 is 0. The van der Waals surface area contributed by atoms with Gasteiger partial charge in [-0.2, -0.15) is 0 Å². The molecule has 2 aliphatic rings. The molecule has 0 unspecified atom stereocenters. The van der Waals surface area contributed by atoms with Gasteiger partial charge in [0, 0.05) is 11.1 Å². The Bertz CT molecular complexity index is 1520. The second-order valence-corrected chi connectivity index (χ2v) is 9.17. The number of fused-ring (bicyclic) bond motifs is 2. The van der Waals surface area contributed by atoms with E-state index in [1.165, 1.54) is 9.80 Å². The van der Waals surface area contributed by atoms with E-state index in [0.29, 0.717) is 22.5 Å². The summed E-state index contributed by atoms with van der Waals surface area (Å²) in [6.45, 7) is 0. The first kappa shape index (κ1) is 23.3. The lowest BCUT2D eigenvalue weighted by atomic mass is 10.1. The molecule has 6 nitrogen and oxygen atoms in total. The number of amides is 2. The van der Waals surface area contributed by atoms with Gasteiger partial charge in [-0.25, -0.2) is 0 Å². The Morgan fingerprint density at radius 1 is 0.474 bits per heavy atom. The van der Waals surface area contributed by atoms with E-state index in [2.05, 4.69) is 0 Å². The van der Waals surface area contributed by atoms with Gasteiger partial charge < -0.3 is 0 Å². The molecule has 2 heterocycles. The number of hydrogen-bond acceptors (Lipinski definition) is 4. The van der Waals surface area contributed by atoms with Crippen LogP contribution in [0.4, 0.5) is 11.4 Å². The highest BCUT2D eigenvalue weighted by atomic mass is 16.2. The van der Waals surface area contributed by atoms with Crippen molar-refractivity contribution in [1.82, 2.24) is 0 Å². The molecule has 0 aromatic heterocycles. The van der Waals surface area contributed by atoms with E-state index in [1.54, 1.807) is 48.5 Å². The minimum Gasteiger partial charge on any atom is -0.287 e. The van der Waals surface area contributed by atoms with E-state index < -0.39 is 11.6 Å². The first-order valence-electron chi connectivity index (χ1n) is 12.3. The van der Waals surface area contributed by atoms with Crippen LogP contribution in [0.25, 0.3) is 0 Å². The van der Waals surface area contributed by atoms with Crippen LogP contribution < -0.4 is 9.80 Å². The Labute approximate surface area is 219 Å². The lowest BCUT2D eigenvalue weighted by molar-refractivity contribution is -0.118. The molecule has 2 aliphatic heterocycles. The van der Waals surface area contributed by atoms with Crippen molar-refractivity contribution in [3.63, 3.8) is 0 Å². The standard InChI is InChI=1S/C32H22N2O4/c35-27(19-21-11-3-1-4-12-21)33-25-17-9-7-15-23(25)31(37)29(33)30-32(38)24-16-8-10-18-26(24)34(30)28(36)20-22-13-5-2-6-14-22/h1-18H,19-20H2/b30-29+. The topological polar surface area (TPSA) is 74.8 Å². The SMILES string of the molecule is O=C1/C(=C2/C(=O)c3ccccc3N2C(=O)Cc2ccccc2)N(C(=O)Cc2ccccc2)c2ccccc21. The third-order valence-electron chi connectivity index (χ3n) is 6.78. The Morgan fingerprint density at radius 2 is 0.816 bits per heavy atom. The number of hydrogen-bond donors (Lipinski definition) is 0. The number of Topliss-reactive ketones (excluding diaryl/α,β-unsaturated/α-hetero) is 2. The van der Waals surface area contributed by atoms with Crippen LogP contribution in [0.15, 0.2) is 121 Å². The number of benzene rings is 4. The molecule has 0 bridgehead atoms. The summed E-state index contributed by atoms with van der Waals surface area (Å²) in [5.41, 5.74) is 2.81. The van der Waals surface area contributed by atoms with E-state index in [4.69, 9.17) is 0 Å². The predicted octanol–water partition coefficient (Wildman–Crippen LogP) is 5.14. The van der Waals surface area contributed by atoms with Gasteiger partial charge in [0.2, 0.25) is 23.4 Å². The van der Waals surface area contributed by atoms with Crippen LogP contribution in [-0.2, 0) is 22.4 Å². The summed E-state index contributed by atoms with van der Waals surface area (Å²) in [5.74, 6) is -1.65. The average Bonchev–Trinajstić information content (AvgIpc) is 3.40. The number of carbonyl (C=O) groups excluding carboxylic acids is 4. The van der Waals surface area contributed by atoms with Crippen molar-refractivity contribution in [1.29, 1.82) is 0 Å². The lowest BCUT2D eigenvalue weighted by Crippen LogP contribution is -2.37. The van der Waals surface area contributed by atoms with Gasteiger partial charge in [0.15, 0.2) is 0 Å². The molecular weight excluding hydrogens is 476 g/mol. The first-order chi connectivity index (χ1) is 18.5. The Kier molecular flexibility index (Phi) is 5.77. The van der Waals surface area contributed by atoms with Crippen LogP contribution >= 0.6 is 0 Å². The number of anilines is 2. The molecule has 38 heavy (non-hydrogen) atoms. The first-order valence-corrected chi connectivity index (χ1v) is 12.3. The van der Waals surface area contributed by atoms with Crippen molar-refractivity contribution in [2.24, 2.45) is 0 Å². The number of para-hydroxylation sites is 2. The van der Waals surface area contributed by atoms with Crippen molar-refractivity contribution < 1.29 is 19.2 Å². The molecule has 0 aliphatic carbocycles. The van der Waals surface area contributed by atoms with E-state index >= 15 is 0 Å². The van der Waals surface area contributed by atoms with Gasteiger partial charge in [0.1, 0.15) is 11.4 Å². The molecule has 0 saturated carbocycles. The third-order valence-corrected chi connectivity index (χ3v) is 6.78. The van der Waals surface area contributed by atoms with Crippen LogP contribution in [0.2, 0.25) is 0 Å². The lowest BCUT2D eigenvalue weighted by Gasteiger charge is -2.24. The average molecular weight is 499 g/mol. The molecule has 0 spiro atoms.